The second-order valence-corrected chi connectivity index (χ2v) is 6.20. The summed E-state index contributed by atoms with van der Waals surface area (Å²) in [4.78, 5) is 4.30. The van der Waals surface area contributed by atoms with Crippen LogP contribution >= 0.6 is 0 Å². The van der Waals surface area contributed by atoms with E-state index in [0.717, 1.165) is 23.4 Å². The lowest BCUT2D eigenvalue weighted by atomic mass is 10.1. The molecule has 102 valence electrons. The van der Waals surface area contributed by atoms with Gasteiger partial charge < -0.3 is 4.42 Å². The Morgan fingerprint density at radius 3 is 2.47 bits per heavy atom. The minimum absolute atomic E-state index is 0.0358. The molecule has 0 aliphatic heterocycles. The molecule has 0 saturated carbocycles. The molecule has 2 aromatic rings. The van der Waals surface area contributed by atoms with Crippen molar-refractivity contribution in [1.29, 1.82) is 0 Å². The van der Waals surface area contributed by atoms with E-state index in [1.54, 1.807) is 0 Å². The van der Waals surface area contributed by atoms with Gasteiger partial charge in [-0.05, 0) is 25.8 Å². The fourth-order valence-corrected chi connectivity index (χ4v) is 3.46. The molecular weight excluding hydrogens is 258 g/mol. The average molecular weight is 277 g/mol. The second kappa shape index (κ2) is 6.15. The Morgan fingerprint density at radius 1 is 1.26 bits per heavy atom. The van der Waals surface area contributed by atoms with E-state index in [-0.39, 0.29) is 5.25 Å². The van der Waals surface area contributed by atoms with Crippen LogP contribution in [0.3, 0.4) is 0 Å². The zero-order valence-electron chi connectivity index (χ0n) is 11.6. The molecule has 0 aliphatic carbocycles. The average Bonchev–Trinajstić information content (AvgIpc) is 2.70. The van der Waals surface area contributed by atoms with Crippen molar-refractivity contribution in [2.45, 2.75) is 38.2 Å². The number of aryl methyl sites for hydroxylation is 2. The summed E-state index contributed by atoms with van der Waals surface area (Å²) in [7, 11) is -1.01. The quantitative estimate of drug-likeness (QED) is 0.837. The van der Waals surface area contributed by atoms with Crippen molar-refractivity contribution in [3.8, 4) is 0 Å². The summed E-state index contributed by atoms with van der Waals surface area (Å²) in [6.45, 7) is 5.84. The number of rotatable bonds is 5. The van der Waals surface area contributed by atoms with Gasteiger partial charge in [-0.15, -0.1) is 0 Å². The zero-order valence-corrected chi connectivity index (χ0v) is 12.4. The van der Waals surface area contributed by atoms with Gasteiger partial charge in [0.05, 0.1) is 10.9 Å². The molecule has 0 saturated heterocycles. The Labute approximate surface area is 116 Å². The van der Waals surface area contributed by atoms with E-state index in [1.807, 2.05) is 44.2 Å². The van der Waals surface area contributed by atoms with Gasteiger partial charge in [-0.2, -0.15) is 0 Å². The number of nitrogens with zero attached hydrogens (tertiary/aromatic N) is 1. The van der Waals surface area contributed by atoms with Gasteiger partial charge in [-0.25, -0.2) is 4.98 Å². The fraction of sp³-hybridized carbons (Fsp3) is 0.400. The standard InChI is InChI=1S/C15H19NO2S/c1-4-14(13-8-6-5-7-9-13)19(17)10-15-16-11(2)12(3)18-15/h5-9,14H,4,10H2,1-3H3/t14-,19+/m1/s1. The molecule has 0 unspecified atom stereocenters. The van der Waals surface area contributed by atoms with Crippen LogP contribution in [-0.4, -0.2) is 9.19 Å². The first-order valence-electron chi connectivity index (χ1n) is 6.46. The summed E-state index contributed by atoms with van der Waals surface area (Å²) < 4.78 is 18.0. The summed E-state index contributed by atoms with van der Waals surface area (Å²) in [5.41, 5.74) is 1.99. The van der Waals surface area contributed by atoms with Crippen LogP contribution in [0.25, 0.3) is 0 Å². The Hall–Kier alpha value is -1.42. The van der Waals surface area contributed by atoms with E-state index in [4.69, 9.17) is 4.42 Å². The predicted octanol–water partition coefficient (Wildman–Crippen LogP) is 3.69. The highest BCUT2D eigenvalue weighted by Gasteiger charge is 2.19. The molecule has 0 aliphatic rings. The van der Waals surface area contributed by atoms with Crippen LogP contribution in [-0.2, 0) is 16.6 Å². The van der Waals surface area contributed by atoms with Gasteiger partial charge in [0.15, 0.2) is 0 Å². The van der Waals surface area contributed by atoms with E-state index in [2.05, 4.69) is 11.9 Å². The summed E-state index contributed by atoms with van der Waals surface area (Å²) in [6.07, 6.45) is 0.843. The molecular formula is C15H19NO2S. The Kier molecular flexibility index (Phi) is 4.53. The first kappa shape index (κ1) is 14.0. The van der Waals surface area contributed by atoms with Gasteiger partial charge in [0.2, 0.25) is 5.89 Å². The lowest BCUT2D eigenvalue weighted by Crippen LogP contribution is -2.08. The third kappa shape index (κ3) is 3.32. The summed E-state index contributed by atoms with van der Waals surface area (Å²) in [5, 5.41) is 0.0358. The number of benzene rings is 1. The van der Waals surface area contributed by atoms with Gasteiger partial charge in [0.25, 0.3) is 0 Å². The highest BCUT2D eigenvalue weighted by atomic mass is 32.2. The third-order valence-electron chi connectivity index (χ3n) is 3.20. The lowest BCUT2D eigenvalue weighted by Gasteiger charge is -2.13. The molecule has 1 aromatic carbocycles. The van der Waals surface area contributed by atoms with Crippen molar-refractivity contribution in [3.05, 3.63) is 53.2 Å². The Balaban J connectivity index is 2.14. The van der Waals surface area contributed by atoms with Crippen LogP contribution in [0.1, 0.15) is 41.5 Å². The first-order chi connectivity index (χ1) is 9.11. The molecule has 1 heterocycles. The molecule has 0 radical (unpaired) electrons. The molecule has 0 N–H and O–H groups in total. The minimum atomic E-state index is -1.01. The molecule has 3 nitrogen and oxygen atoms in total. The molecule has 0 spiro atoms. The summed E-state index contributed by atoms with van der Waals surface area (Å²) >= 11 is 0. The van der Waals surface area contributed by atoms with E-state index in [9.17, 15) is 4.21 Å². The zero-order chi connectivity index (χ0) is 13.8. The molecule has 2 atom stereocenters. The van der Waals surface area contributed by atoms with Gasteiger partial charge in [-0.3, -0.25) is 4.21 Å². The number of oxazole rings is 1. The number of hydrogen-bond donors (Lipinski definition) is 0. The predicted molar refractivity (Wildman–Crippen MR) is 77.3 cm³/mol. The van der Waals surface area contributed by atoms with Crippen LogP contribution in [0.2, 0.25) is 0 Å². The maximum absolute atomic E-state index is 12.5. The molecule has 0 bridgehead atoms. The highest BCUT2D eigenvalue weighted by Crippen LogP contribution is 2.25. The first-order valence-corrected chi connectivity index (χ1v) is 7.85. The monoisotopic (exact) mass is 277 g/mol. The smallest absolute Gasteiger partial charge is 0.207 e. The van der Waals surface area contributed by atoms with E-state index in [0.29, 0.717) is 11.6 Å². The Bertz CT molecular complexity index is 543. The number of aromatic nitrogens is 1. The van der Waals surface area contributed by atoms with Crippen molar-refractivity contribution in [1.82, 2.24) is 4.98 Å². The maximum atomic E-state index is 12.5. The minimum Gasteiger partial charge on any atom is -0.445 e. The largest absolute Gasteiger partial charge is 0.445 e. The summed E-state index contributed by atoms with van der Waals surface area (Å²) in [6, 6.07) is 9.99. The van der Waals surface area contributed by atoms with Gasteiger partial charge >= 0.3 is 0 Å². The Morgan fingerprint density at radius 2 is 1.95 bits per heavy atom. The van der Waals surface area contributed by atoms with Crippen LogP contribution < -0.4 is 0 Å². The lowest BCUT2D eigenvalue weighted by molar-refractivity contribution is 0.487. The van der Waals surface area contributed by atoms with E-state index < -0.39 is 10.8 Å². The van der Waals surface area contributed by atoms with Crippen molar-refractivity contribution >= 4 is 10.8 Å². The molecule has 1 aromatic heterocycles. The van der Waals surface area contributed by atoms with Crippen molar-refractivity contribution in [3.63, 3.8) is 0 Å². The molecule has 19 heavy (non-hydrogen) atoms. The normalized spacial score (nSPS) is 14.3. The SMILES string of the molecule is CC[C@H](c1ccccc1)[S@@](=O)Cc1nc(C)c(C)o1. The van der Waals surface area contributed by atoms with Crippen LogP contribution in [0.5, 0.6) is 0 Å². The van der Waals surface area contributed by atoms with Gasteiger partial charge in [-0.1, -0.05) is 37.3 Å². The van der Waals surface area contributed by atoms with Crippen LogP contribution in [0.4, 0.5) is 0 Å². The molecule has 0 amide bonds. The van der Waals surface area contributed by atoms with Crippen LogP contribution in [0, 0.1) is 13.8 Å². The highest BCUT2D eigenvalue weighted by molar-refractivity contribution is 7.84. The third-order valence-corrected chi connectivity index (χ3v) is 4.97. The van der Waals surface area contributed by atoms with E-state index >= 15 is 0 Å². The van der Waals surface area contributed by atoms with Crippen molar-refractivity contribution in [2.75, 3.05) is 0 Å². The topological polar surface area (TPSA) is 43.1 Å². The molecule has 4 heteroatoms. The van der Waals surface area contributed by atoms with Crippen LogP contribution in [0.15, 0.2) is 34.7 Å². The number of hydrogen-bond acceptors (Lipinski definition) is 3. The maximum Gasteiger partial charge on any atom is 0.207 e. The fourth-order valence-electron chi connectivity index (χ4n) is 2.06. The molecule has 0 fully saturated rings. The van der Waals surface area contributed by atoms with Crippen molar-refractivity contribution < 1.29 is 8.63 Å². The summed E-state index contributed by atoms with van der Waals surface area (Å²) in [5.74, 6) is 1.75. The van der Waals surface area contributed by atoms with Crippen molar-refractivity contribution in [2.24, 2.45) is 0 Å². The van der Waals surface area contributed by atoms with Gasteiger partial charge in [0, 0.05) is 10.8 Å². The molecule has 2 rings (SSSR count). The second-order valence-electron chi connectivity index (χ2n) is 4.58. The van der Waals surface area contributed by atoms with Gasteiger partial charge in [0.1, 0.15) is 11.5 Å². The van der Waals surface area contributed by atoms with E-state index in [1.165, 1.54) is 0 Å².